The fraction of sp³-hybridized carbons (Fsp3) is 0.375. The summed E-state index contributed by atoms with van der Waals surface area (Å²) in [5, 5.41) is 8.77. The van der Waals surface area contributed by atoms with Crippen LogP contribution in [-0.2, 0) is 15.0 Å². The van der Waals surface area contributed by atoms with Gasteiger partial charge in [-0.1, -0.05) is 45.0 Å². The number of carbonyl (C=O) groups excluding carboxylic acids is 1. The van der Waals surface area contributed by atoms with E-state index in [4.69, 9.17) is 5.11 Å². The standard InChI is InChI=1S/C16H20O3/c1-11(17)13(10-15(18)19)9-12-5-7-14(8-6-12)16(2,3)4/h5-9H,10H2,1-4H3,(H,18,19)/b13-9-. The summed E-state index contributed by atoms with van der Waals surface area (Å²) in [6.45, 7) is 7.77. The lowest BCUT2D eigenvalue weighted by Crippen LogP contribution is -2.10. The Labute approximate surface area is 114 Å². The van der Waals surface area contributed by atoms with Crippen LogP contribution in [-0.4, -0.2) is 16.9 Å². The summed E-state index contributed by atoms with van der Waals surface area (Å²) in [5.41, 5.74) is 2.44. The molecule has 1 aromatic rings. The Kier molecular flexibility index (Phi) is 4.65. The highest BCUT2D eigenvalue weighted by Gasteiger charge is 2.13. The largest absolute Gasteiger partial charge is 0.481 e. The predicted octanol–water partition coefficient (Wildman–Crippen LogP) is 3.43. The first-order valence-corrected chi connectivity index (χ1v) is 6.24. The number of aliphatic carboxylic acids is 1. The number of rotatable bonds is 4. The maximum Gasteiger partial charge on any atom is 0.307 e. The highest BCUT2D eigenvalue weighted by Crippen LogP contribution is 2.23. The van der Waals surface area contributed by atoms with Gasteiger partial charge in [-0.15, -0.1) is 0 Å². The SMILES string of the molecule is CC(=O)/C(=C\c1ccc(C(C)(C)C)cc1)CC(=O)O. The van der Waals surface area contributed by atoms with Crippen molar-refractivity contribution in [1.82, 2.24) is 0 Å². The first-order chi connectivity index (χ1) is 8.70. The summed E-state index contributed by atoms with van der Waals surface area (Å²) in [6, 6.07) is 7.82. The summed E-state index contributed by atoms with van der Waals surface area (Å²) in [7, 11) is 0. The summed E-state index contributed by atoms with van der Waals surface area (Å²) in [4.78, 5) is 22.1. The van der Waals surface area contributed by atoms with Crippen molar-refractivity contribution in [2.45, 2.75) is 39.5 Å². The van der Waals surface area contributed by atoms with Crippen LogP contribution in [0.1, 0.15) is 45.2 Å². The van der Waals surface area contributed by atoms with Crippen molar-refractivity contribution in [1.29, 1.82) is 0 Å². The second kappa shape index (κ2) is 5.83. The molecule has 1 N–H and O–H groups in total. The molecule has 0 amide bonds. The van der Waals surface area contributed by atoms with Gasteiger partial charge in [-0.2, -0.15) is 0 Å². The van der Waals surface area contributed by atoms with Crippen molar-refractivity contribution < 1.29 is 14.7 Å². The molecule has 0 fully saturated rings. The zero-order valence-corrected chi connectivity index (χ0v) is 11.9. The van der Waals surface area contributed by atoms with Crippen LogP contribution in [0.2, 0.25) is 0 Å². The van der Waals surface area contributed by atoms with Gasteiger partial charge in [0.1, 0.15) is 0 Å². The van der Waals surface area contributed by atoms with Gasteiger partial charge >= 0.3 is 5.97 Å². The minimum Gasteiger partial charge on any atom is -0.481 e. The number of carboxylic acids is 1. The van der Waals surface area contributed by atoms with Gasteiger partial charge in [0.05, 0.1) is 6.42 Å². The van der Waals surface area contributed by atoms with Gasteiger partial charge in [0.15, 0.2) is 5.78 Å². The molecule has 3 heteroatoms. The average molecular weight is 260 g/mol. The average Bonchev–Trinajstić information content (AvgIpc) is 2.27. The van der Waals surface area contributed by atoms with Gasteiger partial charge < -0.3 is 5.11 Å². The lowest BCUT2D eigenvalue weighted by atomic mass is 9.86. The molecule has 0 heterocycles. The van der Waals surface area contributed by atoms with Crippen LogP contribution in [0.3, 0.4) is 0 Å². The van der Waals surface area contributed by atoms with E-state index < -0.39 is 5.97 Å². The number of carbonyl (C=O) groups is 2. The maximum atomic E-state index is 11.4. The number of Topliss-reactive ketones (excluding diaryl/α,β-unsaturated/α-hetero) is 1. The molecule has 0 spiro atoms. The molecule has 1 aromatic carbocycles. The van der Waals surface area contributed by atoms with E-state index in [0.717, 1.165) is 5.56 Å². The van der Waals surface area contributed by atoms with E-state index in [1.54, 1.807) is 6.08 Å². The second-order valence-electron chi connectivity index (χ2n) is 5.67. The summed E-state index contributed by atoms with van der Waals surface area (Å²) >= 11 is 0. The second-order valence-corrected chi connectivity index (χ2v) is 5.67. The fourth-order valence-electron chi connectivity index (χ4n) is 1.72. The van der Waals surface area contributed by atoms with Crippen molar-refractivity contribution in [2.75, 3.05) is 0 Å². The zero-order chi connectivity index (χ0) is 14.6. The number of hydrogen-bond acceptors (Lipinski definition) is 2. The summed E-state index contributed by atoms with van der Waals surface area (Å²) < 4.78 is 0. The predicted molar refractivity (Wildman–Crippen MR) is 76.1 cm³/mol. The molecule has 0 atom stereocenters. The van der Waals surface area contributed by atoms with Crippen LogP contribution < -0.4 is 0 Å². The van der Waals surface area contributed by atoms with Crippen LogP contribution in [0, 0.1) is 0 Å². The van der Waals surface area contributed by atoms with Gasteiger partial charge in [0.2, 0.25) is 0 Å². The molecular formula is C16H20O3. The minimum absolute atomic E-state index is 0.0761. The number of carboxylic acid groups (broad SMARTS) is 1. The molecule has 102 valence electrons. The quantitative estimate of drug-likeness (QED) is 0.844. The first kappa shape index (κ1) is 15.2. The maximum absolute atomic E-state index is 11.4. The molecule has 0 saturated carbocycles. The van der Waals surface area contributed by atoms with Gasteiger partial charge in [-0.05, 0) is 29.5 Å². The Balaban J connectivity index is 3.03. The van der Waals surface area contributed by atoms with Gasteiger partial charge in [-0.3, -0.25) is 9.59 Å². The van der Waals surface area contributed by atoms with Crippen molar-refractivity contribution in [3.63, 3.8) is 0 Å². The fourth-order valence-corrected chi connectivity index (χ4v) is 1.72. The Bertz CT molecular complexity index is 502. The number of ketones is 1. The van der Waals surface area contributed by atoms with Crippen molar-refractivity contribution in [3.8, 4) is 0 Å². The first-order valence-electron chi connectivity index (χ1n) is 6.24. The number of benzene rings is 1. The van der Waals surface area contributed by atoms with Gasteiger partial charge in [0, 0.05) is 5.57 Å². The van der Waals surface area contributed by atoms with E-state index in [9.17, 15) is 9.59 Å². The lowest BCUT2D eigenvalue weighted by Gasteiger charge is -2.18. The lowest BCUT2D eigenvalue weighted by molar-refractivity contribution is -0.136. The normalized spacial score (nSPS) is 12.3. The molecule has 0 saturated heterocycles. The van der Waals surface area contributed by atoms with Crippen LogP contribution >= 0.6 is 0 Å². The minimum atomic E-state index is -0.993. The molecule has 0 aliphatic carbocycles. The van der Waals surface area contributed by atoms with E-state index in [2.05, 4.69) is 20.8 Å². The molecule has 0 unspecified atom stereocenters. The molecule has 0 aliphatic rings. The Hall–Kier alpha value is -1.90. The third-order valence-electron chi connectivity index (χ3n) is 2.91. The molecule has 0 aliphatic heterocycles. The molecule has 3 nitrogen and oxygen atoms in total. The monoisotopic (exact) mass is 260 g/mol. The van der Waals surface area contributed by atoms with Crippen LogP contribution in [0.15, 0.2) is 29.8 Å². The highest BCUT2D eigenvalue weighted by atomic mass is 16.4. The molecule has 0 radical (unpaired) electrons. The van der Waals surface area contributed by atoms with Crippen LogP contribution in [0.25, 0.3) is 6.08 Å². The van der Waals surface area contributed by atoms with Crippen molar-refractivity contribution in [3.05, 3.63) is 41.0 Å². The van der Waals surface area contributed by atoms with Gasteiger partial charge in [0.25, 0.3) is 0 Å². The van der Waals surface area contributed by atoms with Crippen molar-refractivity contribution in [2.24, 2.45) is 0 Å². The highest BCUT2D eigenvalue weighted by molar-refractivity contribution is 6.01. The number of hydrogen-bond donors (Lipinski definition) is 1. The van der Waals surface area contributed by atoms with E-state index in [1.165, 1.54) is 12.5 Å². The third-order valence-corrected chi connectivity index (χ3v) is 2.91. The summed E-state index contributed by atoms with van der Waals surface area (Å²) in [5.74, 6) is -1.20. The van der Waals surface area contributed by atoms with E-state index in [0.29, 0.717) is 5.57 Å². The molecular weight excluding hydrogens is 240 g/mol. The third kappa shape index (κ3) is 4.70. The van der Waals surface area contributed by atoms with Crippen molar-refractivity contribution >= 4 is 17.8 Å². The van der Waals surface area contributed by atoms with Crippen LogP contribution in [0.5, 0.6) is 0 Å². The summed E-state index contributed by atoms with van der Waals surface area (Å²) in [6.07, 6.45) is 1.40. The van der Waals surface area contributed by atoms with Gasteiger partial charge in [-0.25, -0.2) is 0 Å². The van der Waals surface area contributed by atoms with E-state index >= 15 is 0 Å². The Morgan fingerprint density at radius 2 is 1.68 bits per heavy atom. The Morgan fingerprint density at radius 3 is 2.05 bits per heavy atom. The smallest absolute Gasteiger partial charge is 0.307 e. The zero-order valence-electron chi connectivity index (χ0n) is 11.9. The molecule has 1 rings (SSSR count). The molecule has 19 heavy (non-hydrogen) atoms. The van der Waals surface area contributed by atoms with Crippen LogP contribution in [0.4, 0.5) is 0 Å². The molecule has 0 bridgehead atoms. The molecule has 0 aromatic heterocycles. The van der Waals surface area contributed by atoms with E-state index in [-0.39, 0.29) is 17.6 Å². The topological polar surface area (TPSA) is 54.4 Å². The Morgan fingerprint density at radius 1 is 1.16 bits per heavy atom. The van der Waals surface area contributed by atoms with E-state index in [1.807, 2.05) is 24.3 Å².